The van der Waals surface area contributed by atoms with E-state index in [9.17, 15) is 17.6 Å². The first-order chi connectivity index (χ1) is 10.8. The molecule has 0 heterocycles. The average Bonchev–Trinajstić information content (AvgIpc) is 2.48. The quantitative estimate of drug-likeness (QED) is 0.780. The van der Waals surface area contributed by atoms with Crippen molar-refractivity contribution in [1.29, 1.82) is 0 Å². The van der Waals surface area contributed by atoms with Crippen LogP contribution in [0.2, 0.25) is 0 Å². The fraction of sp³-hybridized carbons (Fsp3) is 0.133. The topological polar surface area (TPSA) is 89.3 Å². The molecule has 0 bridgehead atoms. The van der Waals surface area contributed by atoms with Crippen LogP contribution >= 0.6 is 11.8 Å². The van der Waals surface area contributed by atoms with Crippen LogP contribution in [-0.2, 0) is 14.8 Å². The number of carbonyl (C=O) groups is 1. The van der Waals surface area contributed by atoms with Gasteiger partial charge in [-0.2, -0.15) is 0 Å². The summed E-state index contributed by atoms with van der Waals surface area (Å²) in [5.41, 5.74) is 5.99. The molecule has 0 radical (unpaired) electrons. The molecule has 122 valence electrons. The van der Waals surface area contributed by atoms with Gasteiger partial charge in [-0.1, -0.05) is 18.2 Å². The molecule has 23 heavy (non-hydrogen) atoms. The van der Waals surface area contributed by atoms with E-state index >= 15 is 0 Å². The van der Waals surface area contributed by atoms with Gasteiger partial charge in [0.05, 0.1) is 11.4 Å². The van der Waals surface area contributed by atoms with E-state index in [2.05, 4.69) is 4.72 Å². The van der Waals surface area contributed by atoms with E-state index in [-0.39, 0.29) is 11.4 Å². The normalized spacial score (nSPS) is 11.2. The van der Waals surface area contributed by atoms with E-state index in [1.807, 2.05) is 0 Å². The highest BCUT2D eigenvalue weighted by atomic mass is 32.2. The minimum absolute atomic E-state index is 0.0115. The predicted octanol–water partition coefficient (Wildman–Crippen LogP) is 2.51. The highest BCUT2D eigenvalue weighted by Gasteiger charge is 2.20. The van der Waals surface area contributed by atoms with Crippen LogP contribution in [-0.4, -0.2) is 20.1 Å². The van der Waals surface area contributed by atoms with Crippen LogP contribution in [0, 0.1) is 12.7 Å². The van der Waals surface area contributed by atoms with Gasteiger partial charge in [0.1, 0.15) is 10.7 Å². The molecule has 0 aliphatic rings. The first-order valence-electron chi connectivity index (χ1n) is 6.59. The number of sulfonamides is 1. The third-order valence-electron chi connectivity index (χ3n) is 2.88. The van der Waals surface area contributed by atoms with Crippen LogP contribution in [0.1, 0.15) is 5.56 Å². The van der Waals surface area contributed by atoms with Crippen molar-refractivity contribution in [3.63, 3.8) is 0 Å². The summed E-state index contributed by atoms with van der Waals surface area (Å²) < 4.78 is 41.0. The minimum atomic E-state index is -4.08. The lowest BCUT2D eigenvalue weighted by molar-refractivity contribution is -0.115. The van der Waals surface area contributed by atoms with Crippen molar-refractivity contribution < 1.29 is 17.6 Å². The molecule has 0 saturated heterocycles. The zero-order valence-corrected chi connectivity index (χ0v) is 13.9. The number of primary amides is 1. The monoisotopic (exact) mass is 354 g/mol. The molecular weight excluding hydrogens is 339 g/mol. The molecule has 0 spiro atoms. The molecule has 5 nitrogen and oxygen atoms in total. The zero-order valence-electron chi connectivity index (χ0n) is 12.2. The summed E-state index contributed by atoms with van der Waals surface area (Å²) in [6.07, 6.45) is 0. The number of hydrogen-bond donors (Lipinski definition) is 2. The fourth-order valence-electron chi connectivity index (χ4n) is 1.84. The number of thioether (sulfide) groups is 1. The molecule has 0 unspecified atom stereocenters. The second-order valence-corrected chi connectivity index (χ2v) is 7.46. The molecule has 2 rings (SSSR count). The van der Waals surface area contributed by atoms with Gasteiger partial charge >= 0.3 is 0 Å². The maximum atomic E-state index is 13.8. The number of benzene rings is 2. The molecule has 1 amide bonds. The Morgan fingerprint density at radius 3 is 2.65 bits per heavy atom. The number of nitrogens with one attached hydrogen (secondary N) is 1. The van der Waals surface area contributed by atoms with E-state index in [0.717, 1.165) is 17.8 Å². The lowest BCUT2D eigenvalue weighted by atomic mass is 10.2. The van der Waals surface area contributed by atoms with Crippen molar-refractivity contribution in [3.05, 3.63) is 53.8 Å². The summed E-state index contributed by atoms with van der Waals surface area (Å²) in [6, 6.07) is 10.4. The first kappa shape index (κ1) is 17.3. The lowest BCUT2D eigenvalue weighted by Crippen LogP contribution is -2.16. The summed E-state index contributed by atoms with van der Waals surface area (Å²) in [5.74, 6) is -1.33. The Bertz CT molecular complexity index is 838. The summed E-state index contributed by atoms with van der Waals surface area (Å²) >= 11 is 1.10. The lowest BCUT2D eigenvalue weighted by Gasteiger charge is -2.12. The number of halogens is 1. The number of para-hydroxylation sites is 1. The number of carbonyl (C=O) groups excluding carboxylic acids is 1. The number of hydrogen-bond acceptors (Lipinski definition) is 4. The molecule has 0 aromatic heterocycles. The van der Waals surface area contributed by atoms with Gasteiger partial charge in [0.25, 0.3) is 10.0 Å². The van der Waals surface area contributed by atoms with Crippen LogP contribution in [0.4, 0.5) is 10.1 Å². The standard InChI is InChI=1S/C15H15FN2O3S2/c1-10-6-7-11(16)14(8-10)23(20,21)18-12-4-2-3-5-13(12)22-9-15(17)19/h2-8,18H,9H2,1H3,(H2,17,19). The average molecular weight is 354 g/mol. The summed E-state index contributed by atoms with van der Waals surface area (Å²) in [5, 5.41) is 0. The third kappa shape index (κ3) is 4.46. The van der Waals surface area contributed by atoms with E-state index in [0.29, 0.717) is 10.5 Å². The van der Waals surface area contributed by atoms with Crippen molar-refractivity contribution in [2.45, 2.75) is 16.7 Å². The van der Waals surface area contributed by atoms with Gasteiger partial charge < -0.3 is 5.73 Å². The molecule has 0 fully saturated rings. The molecule has 0 atom stereocenters. The van der Waals surface area contributed by atoms with Gasteiger partial charge in [-0.25, -0.2) is 12.8 Å². The first-order valence-corrected chi connectivity index (χ1v) is 9.05. The Kier molecular flexibility index (Phi) is 5.27. The van der Waals surface area contributed by atoms with Gasteiger partial charge in [-0.15, -0.1) is 11.8 Å². The Hall–Kier alpha value is -2.06. The number of amides is 1. The largest absolute Gasteiger partial charge is 0.369 e. The number of aryl methyl sites for hydroxylation is 1. The molecule has 2 aromatic rings. The maximum Gasteiger partial charge on any atom is 0.264 e. The third-order valence-corrected chi connectivity index (χ3v) is 5.35. The van der Waals surface area contributed by atoms with Crippen LogP contribution in [0.5, 0.6) is 0 Å². The second-order valence-electron chi connectivity index (χ2n) is 4.79. The van der Waals surface area contributed by atoms with Crippen LogP contribution < -0.4 is 10.5 Å². The van der Waals surface area contributed by atoms with Crippen LogP contribution in [0.25, 0.3) is 0 Å². The Balaban J connectivity index is 2.34. The second kappa shape index (κ2) is 7.01. The maximum absolute atomic E-state index is 13.8. The van der Waals surface area contributed by atoms with Gasteiger partial charge in [0.2, 0.25) is 5.91 Å². The van der Waals surface area contributed by atoms with Gasteiger partial charge in [0.15, 0.2) is 0 Å². The van der Waals surface area contributed by atoms with E-state index < -0.39 is 26.6 Å². The Morgan fingerprint density at radius 1 is 1.26 bits per heavy atom. The predicted molar refractivity (Wildman–Crippen MR) is 88.3 cm³/mol. The summed E-state index contributed by atoms with van der Waals surface area (Å²) in [6.45, 7) is 1.68. The number of rotatable bonds is 6. The molecule has 0 saturated carbocycles. The molecular formula is C15H15FN2O3S2. The SMILES string of the molecule is Cc1ccc(F)c(S(=O)(=O)Nc2ccccc2SCC(N)=O)c1. The summed E-state index contributed by atoms with van der Waals surface area (Å²) in [7, 11) is -4.08. The van der Waals surface area contributed by atoms with Crippen molar-refractivity contribution in [1.82, 2.24) is 0 Å². The zero-order chi connectivity index (χ0) is 17.0. The Labute approximate surface area is 138 Å². The van der Waals surface area contributed by atoms with Crippen LogP contribution in [0.15, 0.2) is 52.3 Å². The molecule has 0 aliphatic heterocycles. The van der Waals surface area contributed by atoms with Crippen molar-refractivity contribution in [2.24, 2.45) is 5.73 Å². The number of anilines is 1. The molecule has 3 N–H and O–H groups in total. The molecule has 8 heteroatoms. The molecule has 0 aliphatic carbocycles. The smallest absolute Gasteiger partial charge is 0.264 e. The van der Waals surface area contributed by atoms with Crippen molar-refractivity contribution in [2.75, 3.05) is 10.5 Å². The van der Waals surface area contributed by atoms with Gasteiger partial charge in [0, 0.05) is 4.90 Å². The van der Waals surface area contributed by atoms with Crippen molar-refractivity contribution in [3.8, 4) is 0 Å². The van der Waals surface area contributed by atoms with Crippen LogP contribution in [0.3, 0.4) is 0 Å². The van der Waals surface area contributed by atoms with E-state index in [4.69, 9.17) is 5.73 Å². The highest BCUT2D eigenvalue weighted by Crippen LogP contribution is 2.29. The Morgan fingerprint density at radius 2 is 1.96 bits per heavy atom. The van der Waals surface area contributed by atoms with Gasteiger partial charge in [-0.3, -0.25) is 9.52 Å². The van der Waals surface area contributed by atoms with E-state index in [1.165, 1.54) is 18.2 Å². The highest BCUT2D eigenvalue weighted by molar-refractivity contribution is 8.00. The summed E-state index contributed by atoms with van der Waals surface area (Å²) in [4.78, 5) is 11.0. The molecule has 2 aromatic carbocycles. The fourth-order valence-corrected chi connectivity index (χ4v) is 3.90. The van der Waals surface area contributed by atoms with Gasteiger partial charge in [-0.05, 0) is 36.8 Å². The van der Waals surface area contributed by atoms with E-state index in [1.54, 1.807) is 25.1 Å². The minimum Gasteiger partial charge on any atom is -0.369 e. The number of nitrogens with two attached hydrogens (primary N) is 1. The van der Waals surface area contributed by atoms with Crippen molar-refractivity contribution >= 4 is 33.4 Å².